The van der Waals surface area contributed by atoms with E-state index in [9.17, 15) is 9.90 Å². The molecule has 1 saturated carbocycles. The van der Waals surface area contributed by atoms with E-state index in [2.05, 4.69) is 11.4 Å². The number of amides is 2. The van der Waals surface area contributed by atoms with Crippen LogP contribution in [-0.2, 0) is 6.42 Å². The van der Waals surface area contributed by atoms with Crippen molar-refractivity contribution >= 4 is 6.03 Å². The minimum Gasteiger partial charge on any atom is -0.389 e. The van der Waals surface area contributed by atoms with Crippen molar-refractivity contribution in [2.24, 2.45) is 5.92 Å². The fourth-order valence-corrected chi connectivity index (χ4v) is 3.98. The number of hydrogen-bond donors (Lipinski definition) is 2. The molecule has 1 heterocycles. The maximum atomic E-state index is 12.4. The van der Waals surface area contributed by atoms with E-state index in [-0.39, 0.29) is 11.9 Å². The topological polar surface area (TPSA) is 76.4 Å². The lowest BCUT2D eigenvalue weighted by Crippen LogP contribution is -2.56. The first kappa shape index (κ1) is 16.8. The molecule has 5 nitrogen and oxygen atoms in total. The van der Waals surface area contributed by atoms with Gasteiger partial charge in [-0.05, 0) is 43.4 Å². The molecular formula is C19H25N3O2. The summed E-state index contributed by atoms with van der Waals surface area (Å²) in [5, 5.41) is 22.6. The van der Waals surface area contributed by atoms with Gasteiger partial charge in [0.15, 0.2) is 0 Å². The molecule has 0 aromatic heterocycles. The molecule has 1 aromatic carbocycles. The normalized spacial score (nSPS) is 26.3. The minimum absolute atomic E-state index is 0.0425. The number of urea groups is 1. The second kappa shape index (κ2) is 7.23. The first-order valence-corrected chi connectivity index (χ1v) is 8.85. The number of benzene rings is 1. The van der Waals surface area contributed by atoms with Gasteiger partial charge in [-0.25, -0.2) is 4.79 Å². The Hall–Kier alpha value is -2.06. The molecule has 24 heavy (non-hydrogen) atoms. The lowest BCUT2D eigenvalue weighted by Gasteiger charge is -2.47. The zero-order valence-corrected chi connectivity index (χ0v) is 14.0. The number of nitriles is 1. The van der Waals surface area contributed by atoms with E-state index in [1.807, 2.05) is 23.1 Å². The number of rotatable bonds is 3. The van der Waals surface area contributed by atoms with Crippen LogP contribution in [-0.4, -0.2) is 41.3 Å². The van der Waals surface area contributed by atoms with Gasteiger partial charge in [0.25, 0.3) is 0 Å². The standard InChI is InChI=1S/C19H25N3O2/c20-13-16-5-3-4-15(12-16)7-10-21-18(23)22-11-9-19(24)8-2-1-6-17(19)14-22/h3-5,12,17,24H,1-2,6-11,14H2,(H,21,23)/t17-,19+/m1/s1. The molecule has 0 spiro atoms. The highest BCUT2D eigenvalue weighted by molar-refractivity contribution is 5.74. The second-order valence-corrected chi connectivity index (χ2v) is 7.04. The van der Waals surface area contributed by atoms with E-state index in [0.717, 1.165) is 31.2 Å². The van der Waals surface area contributed by atoms with Crippen LogP contribution < -0.4 is 5.32 Å². The molecule has 1 aliphatic heterocycles. The van der Waals surface area contributed by atoms with Gasteiger partial charge >= 0.3 is 6.03 Å². The van der Waals surface area contributed by atoms with Crippen LogP contribution in [0.2, 0.25) is 0 Å². The fourth-order valence-electron chi connectivity index (χ4n) is 3.98. The smallest absolute Gasteiger partial charge is 0.317 e. The molecule has 3 rings (SSSR count). The molecule has 1 aromatic rings. The van der Waals surface area contributed by atoms with Crippen LogP contribution in [0.5, 0.6) is 0 Å². The monoisotopic (exact) mass is 327 g/mol. The molecule has 2 fully saturated rings. The van der Waals surface area contributed by atoms with E-state index in [0.29, 0.717) is 38.0 Å². The van der Waals surface area contributed by atoms with Gasteiger partial charge in [-0.3, -0.25) is 0 Å². The summed E-state index contributed by atoms with van der Waals surface area (Å²) in [4.78, 5) is 14.2. The lowest BCUT2D eigenvalue weighted by molar-refractivity contribution is -0.0870. The van der Waals surface area contributed by atoms with Gasteiger partial charge in [0.1, 0.15) is 0 Å². The summed E-state index contributed by atoms with van der Waals surface area (Å²) in [6, 6.07) is 9.56. The van der Waals surface area contributed by atoms with E-state index in [1.54, 1.807) is 6.07 Å². The van der Waals surface area contributed by atoms with Gasteiger partial charge in [0, 0.05) is 25.6 Å². The Labute approximate surface area is 143 Å². The molecule has 2 atom stereocenters. The summed E-state index contributed by atoms with van der Waals surface area (Å²) < 4.78 is 0. The van der Waals surface area contributed by atoms with Gasteiger partial charge in [-0.1, -0.05) is 25.0 Å². The zero-order valence-electron chi connectivity index (χ0n) is 14.0. The van der Waals surface area contributed by atoms with Crippen molar-refractivity contribution in [2.45, 2.75) is 44.1 Å². The third-order valence-electron chi connectivity index (χ3n) is 5.46. The van der Waals surface area contributed by atoms with E-state index >= 15 is 0 Å². The third kappa shape index (κ3) is 3.70. The maximum Gasteiger partial charge on any atom is 0.317 e. The predicted octanol–water partition coefficient (Wildman–Crippen LogP) is 2.44. The van der Waals surface area contributed by atoms with Gasteiger partial charge in [-0.15, -0.1) is 0 Å². The first-order chi connectivity index (χ1) is 11.6. The molecule has 0 unspecified atom stereocenters. The summed E-state index contributed by atoms with van der Waals surface area (Å²) in [6.45, 7) is 1.84. The summed E-state index contributed by atoms with van der Waals surface area (Å²) in [6.07, 6.45) is 5.54. The SMILES string of the molecule is N#Cc1cccc(CCNC(=O)N2CC[C@@]3(O)CCCC[C@@H]3C2)c1. The van der Waals surface area contributed by atoms with Crippen LogP contribution in [0.25, 0.3) is 0 Å². The van der Waals surface area contributed by atoms with Gasteiger partial charge in [-0.2, -0.15) is 5.26 Å². The zero-order chi connectivity index (χ0) is 17.0. The number of aliphatic hydroxyl groups is 1. The van der Waals surface area contributed by atoms with Crippen LogP contribution in [0.4, 0.5) is 4.79 Å². The van der Waals surface area contributed by atoms with Gasteiger partial charge in [0.2, 0.25) is 0 Å². The molecule has 128 valence electrons. The Morgan fingerprint density at radius 2 is 2.29 bits per heavy atom. The highest BCUT2D eigenvalue weighted by Gasteiger charge is 2.43. The second-order valence-electron chi connectivity index (χ2n) is 7.04. The lowest BCUT2D eigenvalue weighted by atomic mass is 9.71. The number of hydrogen-bond acceptors (Lipinski definition) is 3. The molecule has 2 amide bonds. The first-order valence-electron chi connectivity index (χ1n) is 8.85. The van der Waals surface area contributed by atoms with Crippen molar-refractivity contribution < 1.29 is 9.90 Å². The molecule has 0 bridgehead atoms. The van der Waals surface area contributed by atoms with Crippen LogP contribution in [0.15, 0.2) is 24.3 Å². The number of likely N-dealkylation sites (tertiary alicyclic amines) is 1. The maximum absolute atomic E-state index is 12.4. The van der Waals surface area contributed by atoms with Gasteiger partial charge < -0.3 is 15.3 Å². The minimum atomic E-state index is -0.549. The van der Waals surface area contributed by atoms with Crippen LogP contribution in [0.1, 0.15) is 43.2 Å². The van der Waals surface area contributed by atoms with Crippen molar-refractivity contribution in [1.82, 2.24) is 10.2 Å². The van der Waals surface area contributed by atoms with Crippen LogP contribution in [0.3, 0.4) is 0 Å². The number of piperidine rings is 1. The number of nitrogens with zero attached hydrogens (tertiary/aromatic N) is 2. The largest absolute Gasteiger partial charge is 0.389 e. The number of carbonyl (C=O) groups excluding carboxylic acids is 1. The Bertz CT molecular complexity index is 640. The third-order valence-corrected chi connectivity index (χ3v) is 5.46. The Morgan fingerprint density at radius 1 is 1.42 bits per heavy atom. The Morgan fingerprint density at radius 3 is 3.12 bits per heavy atom. The van der Waals surface area contributed by atoms with Crippen molar-refractivity contribution in [2.75, 3.05) is 19.6 Å². The number of carbonyl (C=O) groups is 1. The number of fused-ring (bicyclic) bond motifs is 1. The van der Waals surface area contributed by atoms with Crippen LogP contribution >= 0.6 is 0 Å². The Balaban J connectivity index is 1.48. The molecular weight excluding hydrogens is 302 g/mol. The average Bonchev–Trinajstić information content (AvgIpc) is 2.61. The van der Waals surface area contributed by atoms with Crippen molar-refractivity contribution in [3.8, 4) is 6.07 Å². The summed E-state index contributed by atoms with van der Waals surface area (Å²) in [7, 11) is 0. The predicted molar refractivity (Wildman–Crippen MR) is 91.4 cm³/mol. The summed E-state index contributed by atoms with van der Waals surface area (Å²) in [5.41, 5.74) is 1.15. The molecule has 2 aliphatic rings. The van der Waals surface area contributed by atoms with E-state index in [4.69, 9.17) is 5.26 Å². The van der Waals surface area contributed by atoms with Gasteiger partial charge in [0.05, 0.1) is 17.2 Å². The Kier molecular flexibility index (Phi) is 5.06. The summed E-state index contributed by atoms with van der Waals surface area (Å²) in [5.74, 6) is 0.220. The molecule has 1 saturated heterocycles. The van der Waals surface area contributed by atoms with Crippen molar-refractivity contribution in [3.05, 3.63) is 35.4 Å². The average molecular weight is 327 g/mol. The highest BCUT2D eigenvalue weighted by Crippen LogP contribution is 2.39. The highest BCUT2D eigenvalue weighted by atomic mass is 16.3. The van der Waals surface area contributed by atoms with Crippen molar-refractivity contribution in [1.29, 1.82) is 5.26 Å². The van der Waals surface area contributed by atoms with E-state index in [1.165, 1.54) is 0 Å². The summed E-state index contributed by atoms with van der Waals surface area (Å²) >= 11 is 0. The molecule has 5 heteroatoms. The molecule has 0 radical (unpaired) electrons. The number of nitrogens with one attached hydrogen (secondary N) is 1. The molecule has 1 aliphatic carbocycles. The fraction of sp³-hybridized carbons (Fsp3) is 0.579. The van der Waals surface area contributed by atoms with Crippen molar-refractivity contribution in [3.63, 3.8) is 0 Å². The van der Waals surface area contributed by atoms with E-state index < -0.39 is 5.60 Å². The molecule has 2 N–H and O–H groups in total. The van der Waals surface area contributed by atoms with Crippen LogP contribution in [0, 0.1) is 17.2 Å². The quantitative estimate of drug-likeness (QED) is 0.895.